The summed E-state index contributed by atoms with van der Waals surface area (Å²) in [6.07, 6.45) is 5.85. The summed E-state index contributed by atoms with van der Waals surface area (Å²) in [4.78, 5) is 35.3. The highest BCUT2D eigenvalue weighted by Crippen LogP contribution is 2.42. The number of hydrogen-bond donors (Lipinski definition) is 4. The number of alkyl halides is 3. The molecule has 11 heteroatoms. The number of aromatic amines is 2. The Morgan fingerprint density at radius 1 is 0.818 bits per heavy atom. The quantitative estimate of drug-likeness (QED) is 0.111. The standard InChI is InChI=1S/C44H54F3N7O/c1-24(49-38(48)25-16-20-44(46,47)21-17-25)39-50-33-12-8-29-22-27(6-10-31(29)35(33)52-39)28-7-11-32-30(23-28)9-13-34-36(32)53-40(51-34)37(42(2,3)4)54-41(55)26-14-18-43(5,45)19-15-26/h6-7,10-11,22-26,37H,8-9,12-21H2,1-5H3,(H2,48,49)(H,50,52)(H,51,53)(H,54,55)/t24-,26?,37+,43?/m0/s1. The van der Waals surface area contributed by atoms with Gasteiger partial charge in [0, 0.05) is 47.2 Å². The summed E-state index contributed by atoms with van der Waals surface area (Å²) < 4.78 is 41.8. The third-order valence-electron chi connectivity index (χ3n) is 12.6. The lowest BCUT2D eigenvalue weighted by molar-refractivity contribution is -0.128. The van der Waals surface area contributed by atoms with Crippen molar-refractivity contribution in [3.63, 3.8) is 0 Å². The molecule has 0 unspecified atom stereocenters. The van der Waals surface area contributed by atoms with E-state index in [1.165, 1.54) is 11.1 Å². The van der Waals surface area contributed by atoms with Crippen LogP contribution in [0.3, 0.4) is 0 Å². The maximum Gasteiger partial charge on any atom is 0.248 e. The van der Waals surface area contributed by atoms with E-state index in [0.29, 0.717) is 44.4 Å². The molecule has 5 N–H and O–H groups in total. The summed E-state index contributed by atoms with van der Waals surface area (Å²) in [6, 6.07) is 12.7. The Morgan fingerprint density at radius 3 is 1.87 bits per heavy atom. The lowest BCUT2D eigenvalue weighted by Gasteiger charge is -2.34. The van der Waals surface area contributed by atoms with E-state index in [2.05, 4.69) is 72.5 Å². The molecule has 1 amide bonds. The fraction of sp³-hybridized carbons (Fsp3) is 0.545. The molecule has 0 spiro atoms. The van der Waals surface area contributed by atoms with Crippen molar-refractivity contribution in [1.29, 1.82) is 0 Å². The summed E-state index contributed by atoms with van der Waals surface area (Å²) in [5, 5.41) is 3.30. The molecule has 8 nitrogen and oxygen atoms in total. The van der Waals surface area contributed by atoms with Gasteiger partial charge < -0.3 is 21.0 Å². The summed E-state index contributed by atoms with van der Waals surface area (Å²) in [6.45, 7) is 9.93. The summed E-state index contributed by atoms with van der Waals surface area (Å²) in [7, 11) is 0. The number of fused-ring (bicyclic) bond motifs is 6. The second-order valence-corrected chi connectivity index (χ2v) is 18.0. The highest BCUT2D eigenvalue weighted by Gasteiger charge is 2.39. The molecule has 4 aromatic rings. The first-order chi connectivity index (χ1) is 26.0. The molecule has 4 aliphatic rings. The number of halogens is 3. The second-order valence-electron chi connectivity index (χ2n) is 18.0. The molecule has 2 heterocycles. The fourth-order valence-corrected chi connectivity index (χ4v) is 9.11. The molecule has 2 fully saturated rings. The lowest BCUT2D eigenvalue weighted by Crippen LogP contribution is -2.42. The number of nitrogens with zero attached hydrogens (tertiary/aromatic N) is 3. The number of amides is 1. The molecule has 55 heavy (non-hydrogen) atoms. The van der Waals surface area contributed by atoms with Crippen molar-refractivity contribution in [1.82, 2.24) is 25.3 Å². The maximum absolute atomic E-state index is 14.5. The average molecular weight is 754 g/mol. The molecule has 0 bridgehead atoms. The molecular weight excluding hydrogens is 700 g/mol. The van der Waals surface area contributed by atoms with E-state index in [1.807, 2.05) is 6.92 Å². The normalized spacial score (nSPS) is 23.6. The average Bonchev–Trinajstić information content (AvgIpc) is 3.78. The van der Waals surface area contributed by atoms with Gasteiger partial charge in [-0.05, 0) is 106 Å². The van der Waals surface area contributed by atoms with Crippen molar-refractivity contribution < 1.29 is 18.0 Å². The van der Waals surface area contributed by atoms with Gasteiger partial charge in [-0.15, -0.1) is 0 Å². The Morgan fingerprint density at radius 2 is 1.33 bits per heavy atom. The number of H-pyrrole nitrogens is 2. The third-order valence-corrected chi connectivity index (χ3v) is 12.6. The molecular formula is C44H54F3N7O. The number of aryl methyl sites for hydroxylation is 4. The first-order valence-electron chi connectivity index (χ1n) is 20.2. The number of rotatable bonds is 7. The van der Waals surface area contributed by atoms with Crippen molar-refractivity contribution in [2.75, 3.05) is 0 Å². The van der Waals surface area contributed by atoms with Crippen LogP contribution in [0.25, 0.3) is 33.6 Å². The molecule has 2 aromatic heterocycles. The van der Waals surface area contributed by atoms with Crippen molar-refractivity contribution >= 4 is 11.7 Å². The van der Waals surface area contributed by atoms with E-state index in [1.54, 1.807) is 6.92 Å². The highest BCUT2D eigenvalue weighted by atomic mass is 19.3. The minimum absolute atomic E-state index is 0.0128. The SMILES string of the molecule is C[C@H](N=C(N)C1CCC(F)(F)CC1)c1nc2c([nH]1)CCc1cc(-c3ccc4c(c3)CCc3[nH]c([C@@H](NC(=O)C5CCC(C)(F)CC5)C(C)(C)C)nc3-4)ccc1-2. The van der Waals surface area contributed by atoms with E-state index < -0.39 is 11.6 Å². The van der Waals surface area contributed by atoms with Crippen molar-refractivity contribution in [3.8, 4) is 33.6 Å². The van der Waals surface area contributed by atoms with Gasteiger partial charge in [-0.25, -0.2) is 23.1 Å². The van der Waals surface area contributed by atoms with E-state index in [9.17, 15) is 18.0 Å². The Kier molecular flexibility index (Phi) is 9.52. The Balaban J connectivity index is 0.988. The van der Waals surface area contributed by atoms with Crippen LogP contribution in [0.15, 0.2) is 41.4 Å². The van der Waals surface area contributed by atoms with Gasteiger partial charge >= 0.3 is 0 Å². The van der Waals surface area contributed by atoms with Gasteiger partial charge in [0.15, 0.2) is 0 Å². The van der Waals surface area contributed by atoms with E-state index in [0.717, 1.165) is 82.4 Å². The number of hydrogen-bond acceptors (Lipinski definition) is 4. The highest BCUT2D eigenvalue weighted by molar-refractivity contribution is 5.83. The van der Waals surface area contributed by atoms with Crippen molar-refractivity contribution in [2.24, 2.45) is 28.0 Å². The molecule has 0 radical (unpaired) electrons. The van der Waals surface area contributed by atoms with Gasteiger partial charge in [-0.2, -0.15) is 0 Å². The first-order valence-corrected chi connectivity index (χ1v) is 20.2. The Hall–Kier alpha value is -4.41. The van der Waals surface area contributed by atoms with Crippen molar-refractivity contribution in [3.05, 3.63) is 70.6 Å². The smallest absolute Gasteiger partial charge is 0.248 e. The number of aliphatic imine (C=N–C) groups is 1. The topological polar surface area (TPSA) is 125 Å². The van der Waals surface area contributed by atoms with Crippen LogP contribution in [0, 0.1) is 17.3 Å². The Labute approximate surface area is 321 Å². The summed E-state index contributed by atoms with van der Waals surface area (Å²) in [5.74, 6) is -0.945. The molecule has 292 valence electrons. The summed E-state index contributed by atoms with van der Waals surface area (Å²) in [5.41, 5.74) is 16.0. The maximum atomic E-state index is 14.5. The Bertz CT molecular complexity index is 2120. The van der Waals surface area contributed by atoms with Gasteiger partial charge in [0.1, 0.15) is 23.4 Å². The largest absolute Gasteiger partial charge is 0.387 e. The van der Waals surface area contributed by atoms with E-state index in [4.69, 9.17) is 20.7 Å². The van der Waals surface area contributed by atoms with Crippen LogP contribution >= 0.6 is 0 Å². The number of nitrogens with two attached hydrogens (primary N) is 1. The van der Waals surface area contributed by atoms with Crippen LogP contribution in [0.1, 0.15) is 132 Å². The summed E-state index contributed by atoms with van der Waals surface area (Å²) >= 11 is 0. The molecule has 0 aliphatic heterocycles. The zero-order chi connectivity index (χ0) is 38.9. The minimum Gasteiger partial charge on any atom is -0.387 e. The number of carbonyl (C=O) groups is 1. The fourth-order valence-electron chi connectivity index (χ4n) is 9.11. The number of aromatic nitrogens is 4. The van der Waals surface area contributed by atoms with Crippen LogP contribution in [0.2, 0.25) is 0 Å². The molecule has 8 rings (SSSR count). The lowest BCUT2D eigenvalue weighted by atomic mass is 9.80. The molecule has 2 atom stereocenters. The van der Waals surface area contributed by atoms with Crippen molar-refractivity contribution in [2.45, 2.75) is 135 Å². The van der Waals surface area contributed by atoms with Crippen LogP contribution in [0.4, 0.5) is 13.2 Å². The predicted octanol–water partition coefficient (Wildman–Crippen LogP) is 9.70. The zero-order valence-corrected chi connectivity index (χ0v) is 32.7. The number of imidazole rings is 2. The monoisotopic (exact) mass is 753 g/mol. The molecule has 0 saturated heterocycles. The molecule has 4 aliphatic carbocycles. The second kappa shape index (κ2) is 14.0. The van der Waals surface area contributed by atoms with Gasteiger partial charge in [0.05, 0.1) is 23.3 Å². The number of benzene rings is 2. The van der Waals surface area contributed by atoms with Gasteiger partial charge in [0.2, 0.25) is 11.8 Å². The third kappa shape index (κ3) is 7.60. The van der Waals surface area contributed by atoms with Crippen LogP contribution in [-0.2, 0) is 30.5 Å². The predicted molar refractivity (Wildman–Crippen MR) is 211 cm³/mol. The number of amidine groups is 1. The minimum atomic E-state index is -2.60. The first kappa shape index (κ1) is 37.5. The van der Waals surface area contributed by atoms with Gasteiger partial charge in [-0.3, -0.25) is 9.79 Å². The number of nitrogens with one attached hydrogen (secondary N) is 3. The zero-order valence-electron chi connectivity index (χ0n) is 32.7. The van der Waals surface area contributed by atoms with Gasteiger partial charge in [0.25, 0.3) is 0 Å². The van der Waals surface area contributed by atoms with Crippen LogP contribution in [-0.4, -0.2) is 43.3 Å². The van der Waals surface area contributed by atoms with Crippen LogP contribution < -0.4 is 11.1 Å². The molecule has 2 aromatic carbocycles. The van der Waals surface area contributed by atoms with Crippen LogP contribution in [0.5, 0.6) is 0 Å². The molecule has 2 saturated carbocycles. The van der Waals surface area contributed by atoms with Gasteiger partial charge in [-0.1, -0.05) is 57.2 Å². The van der Waals surface area contributed by atoms with E-state index in [-0.39, 0.29) is 48.1 Å². The number of carbonyl (C=O) groups excluding carboxylic acids is 1. The van der Waals surface area contributed by atoms with E-state index >= 15 is 0 Å².